The van der Waals surface area contributed by atoms with E-state index in [2.05, 4.69) is 10.4 Å². The van der Waals surface area contributed by atoms with Crippen molar-refractivity contribution in [1.82, 2.24) is 15.1 Å². The summed E-state index contributed by atoms with van der Waals surface area (Å²) in [6, 6.07) is 1.86. The zero-order chi connectivity index (χ0) is 14.3. The molecule has 0 bridgehead atoms. The Kier molecular flexibility index (Phi) is 6.18. The number of ether oxygens (including phenoxy) is 2. The molecule has 108 valence electrons. The van der Waals surface area contributed by atoms with Crippen molar-refractivity contribution in [2.45, 2.75) is 39.7 Å². The van der Waals surface area contributed by atoms with E-state index in [-0.39, 0.29) is 6.10 Å². The highest BCUT2D eigenvalue weighted by atomic mass is 16.5. The normalized spacial score (nSPS) is 12.0. The summed E-state index contributed by atoms with van der Waals surface area (Å²) in [5, 5.41) is 6.86. The van der Waals surface area contributed by atoms with Crippen molar-refractivity contribution in [3.63, 3.8) is 0 Å². The third-order valence-electron chi connectivity index (χ3n) is 2.55. The molecule has 0 aliphatic heterocycles. The maximum Gasteiger partial charge on any atom is 0.407 e. The van der Waals surface area contributed by atoms with Crippen LogP contribution in [0.3, 0.4) is 0 Å². The maximum atomic E-state index is 11.3. The Hall–Kier alpha value is -1.72. The van der Waals surface area contributed by atoms with Gasteiger partial charge >= 0.3 is 6.09 Å². The molecule has 1 aromatic heterocycles. The molecule has 0 aliphatic carbocycles. The summed E-state index contributed by atoms with van der Waals surface area (Å²) in [6.45, 7) is 6.69. The van der Waals surface area contributed by atoms with Crippen LogP contribution in [0.2, 0.25) is 0 Å². The van der Waals surface area contributed by atoms with Crippen LogP contribution in [0.5, 0.6) is 5.88 Å². The van der Waals surface area contributed by atoms with Gasteiger partial charge in [-0.2, -0.15) is 5.10 Å². The molecular weight excluding hydrogens is 246 g/mol. The van der Waals surface area contributed by atoms with Crippen LogP contribution in [0.25, 0.3) is 0 Å². The average molecular weight is 269 g/mol. The van der Waals surface area contributed by atoms with E-state index in [1.807, 2.05) is 33.9 Å². The van der Waals surface area contributed by atoms with Gasteiger partial charge in [0.15, 0.2) is 0 Å². The first-order valence-corrected chi connectivity index (χ1v) is 6.60. The smallest absolute Gasteiger partial charge is 0.407 e. The van der Waals surface area contributed by atoms with E-state index in [0.717, 1.165) is 18.5 Å². The van der Waals surface area contributed by atoms with Gasteiger partial charge in [0.05, 0.1) is 18.8 Å². The Morgan fingerprint density at radius 3 is 2.89 bits per heavy atom. The molecule has 6 nitrogen and oxygen atoms in total. The number of aromatic nitrogens is 2. The number of unbranched alkanes of at least 4 members (excludes halogenated alkanes) is 1. The number of hydrogen-bond acceptors (Lipinski definition) is 4. The first-order valence-electron chi connectivity index (χ1n) is 6.60. The fourth-order valence-electron chi connectivity index (χ4n) is 1.53. The number of hydrogen-bond donors (Lipinski definition) is 1. The van der Waals surface area contributed by atoms with E-state index in [1.165, 1.54) is 0 Å². The molecule has 1 atom stereocenters. The molecule has 1 N–H and O–H groups in total. The largest absolute Gasteiger partial charge is 0.473 e. The second-order valence-electron chi connectivity index (χ2n) is 4.55. The molecule has 0 radical (unpaired) electrons. The summed E-state index contributed by atoms with van der Waals surface area (Å²) >= 11 is 0. The molecule has 1 aromatic rings. The minimum atomic E-state index is -0.398. The highest BCUT2D eigenvalue weighted by Gasteiger charge is 2.10. The lowest BCUT2D eigenvalue weighted by molar-refractivity contribution is 0.135. The summed E-state index contributed by atoms with van der Waals surface area (Å²) in [6.07, 6.45) is 1.35. The number of nitrogens with one attached hydrogen (secondary N) is 1. The van der Waals surface area contributed by atoms with Gasteiger partial charge in [0, 0.05) is 13.1 Å². The number of nitrogens with zero attached hydrogens (tertiary/aromatic N) is 2. The van der Waals surface area contributed by atoms with Gasteiger partial charge in [-0.05, 0) is 20.3 Å². The molecule has 0 saturated carbocycles. The lowest BCUT2D eigenvalue weighted by Crippen LogP contribution is -2.34. The van der Waals surface area contributed by atoms with Gasteiger partial charge in [-0.25, -0.2) is 9.48 Å². The van der Waals surface area contributed by atoms with Crippen molar-refractivity contribution >= 4 is 6.09 Å². The van der Waals surface area contributed by atoms with Crippen LogP contribution in [-0.2, 0) is 11.8 Å². The van der Waals surface area contributed by atoms with E-state index < -0.39 is 6.09 Å². The molecule has 0 unspecified atom stereocenters. The van der Waals surface area contributed by atoms with Gasteiger partial charge in [-0.1, -0.05) is 13.3 Å². The average Bonchev–Trinajstić information content (AvgIpc) is 2.65. The molecule has 1 rings (SSSR count). The van der Waals surface area contributed by atoms with Gasteiger partial charge in [0.1, 0.15) is 6.10 Å². The Morgan fingerprint density at radius 1 is 1.58 bits per heavy atom. The van der Waals surface area contributed by atoms with E-state index >= 15 is 0 Å². The van der Waals surface area contributed by atoms with Gasteiger partial charge in [-0.15, -0.1) is 0 Å². The molecule has 0 spiro atoms. The molecule has 0 fully saturated rings. The summed E-state index contributed by atoms with van der Waals surface area (Å²) in [5.74, 6) is 0.686. The Balaban J connectivity index is 2.26. The highest BCUT2D eigenvalue weighted by Crippen LogP contribution is 2.12. The number of aryl methyl sites for hydroxylation is 2. The lowest BCUT2D eigenvalue weighted by atomic mass is 10.4. The molecule has 6 heteroatoms. The number of rotatable bonds is 7. The van der Waals surface area contributed by atoms with Crippen LogP contribution >= 0.6 is 0 Å². The maximum absolute atomic E-state index is 11.3. The van der Waals surface area contributed by atoms with Crippen LogP contribution in [-0.4, -0.2) is 35.1 Å². The zero-order valence-corrected chi connectivity index (χ0v) is 12.1. The highest BCUT2D eigenvalue weighted by molar-refractivity contribution is 5.67. The number of amides is 1. The van der Waals surface area contributed by atoms with Crippen molar-refractivity contribution < 1.29 is 14.3 Å². The molecular formula is C13H23N3O3. The Bertz CT molecular complexity index is 404. The molecule has 1 amide bonds. The van der Waals surface area contributed by atoms with E-state index in [0.29, 0.717) is 19.0 Å². The first-order chi connectivity index (χ1) is 9.02. The Morgan fingerprint density at radius 2 is 2.32 bits per heavy atom. The second kappa shape index (κ2) is 7.66. The van der Waals surface area contributed by atoms with E-state index in [4.69, 9.17) is 9.47 Å². The van der Waals surface area contributed by atoms with Gasteiger partial charge in [0.2, 0.25) is 5.88 Å². The topological polar surface area (TPSA) is 65.4 Å². The molecule has 0 saturated heterocycles. The first kappa shape index (κ1) is 15.3. The standard InChI is InChI=1S/C13H23N3O3/c1-5-6-7-18-13(17)14-9-11(3)19-12-8-10(2)15-16(12)4/h8,11H,5-7,9H2,1-4H3,(H,14,17)/t11-/m0/s1. The van der Waals surface area contributed by atoms with Crippen LogP contribution in [0.1, 0.15) is 32.4 Å². The predicted octanol–water partition coefficient (Wildman–Crippen LogP) is 2.02. The van der Waals surface area contributed by atoms with Crippen molar-refractivity contribution in [2.75, 3.05) is 13.2 Å². The van der Waals surface area contributed by atoms with Gasteiger partial charge in [0.25, 0.3) is 0 Å². The Labute approximate surface area is 114 Å². The van der Waals surface area contributed by atoms with E-state index in [9.17, 15) is 4.79 Å². The van der Waals surface area contributed by atoms with Crippen LogP contribution < -0.4 is 10.1 Å². The van der Waals surface area contributed by atoms with E-state index in [1.54, 1.807) is 4.68 Å². The molecule has 0 aliphatic rings. The van der Waals surface area contributed by atoms with Gasteiger partial charge in [-0.3, -0.25) is 0 Å². The predicted molar refractivity (Wildman–Crippen MR) is 72.3 cm³/mol. The summed E-state index contributed by atoms with van der Waals surface area (Å²) in [7, 11) is 1.82. The quantitative estimate of drug-likeness (QED) is 0.769. The van der Waals surface area contributed by atoms with Crippen LogP contribution in [0.15, 0.2) is 6.07 Å². The number of alkyl carbamates (subject to hydrolysis) is 1. The summed E-state index contributed by atoms with van der Waals surface area (Å²) < 4.78 is 12.3. The minimum absolute atomic E-state index is 0.145. The third kappa shape index (κ3) is 5.63. The lowest BCUT2D eigenvalue weighted by Gasteiger charge is -2.15. The zero-order valence-electron chi connectivity index (χ0n) is 12.1. The molecule has 1 heterocycles. The summed E-state index contributed by atoms with van der Waals surface area (Å²) in [5.41, 5.74) is 0.900. The fourth-order valence-corrected chi connectivity index (χ4v) is 1.53. The van der Waals surface area contributed by atoms with Crippen molar-refractivity contribution in [2.24, 2.45) is 7.05 Å². The van der Waals surface area contributed by atoms with Crippen LogP contribution in [0.4, 0.5) is 4.79 Å². The fraction of sp³-hybridized carbons (Fsp3) is 0.692. The van der Waals surface area contributed by atoms with Crippen LogP contribution in [0, 0.1) is 6.92 Å². The summed E-state index contributed by atoms with van der Waals surface area (Å²) in [4.78, 5) is 11.3. The SMILES string of the molecule is CCCCOC(=O)NC[C@H](C)Oc1cc(C)nn1C. The molecule has 0 aromatic carbocycles. The second-order valence-corrected chi connectivity index (χ2v) is 4.55. The number of carbonyl (C=O) groups excluding carboxylic acids is 1. The van der Waals surface area contributed by atoms with Crippen molar-refractivity contribution in [3.8, 4) is 5.88 Å². The molecule has 19 heavy (non-hydrogen) atoms. The van der Waals surface area contributed by atoms with Gasteiger partial charge < -0.3 is 14.8 Å². The number of carbonyl (C=O) groups is 1. The minimum Gasteiger partial charge on any atom is -0.473 e. The monoisotopic (exact) mass is 269 g/mol. The van der Waals surface area contributed by atoms with Crippen molar-refractivity contribution in [3.05, 3.63) is 11.8 Å². The van der Waals surface area contributed by atoms with Crippen molar-refractivity contribution in [1.29, 1.82) is 0 Å². The third-order valence-corrected chi connectivity index (χ3v) is 2.55.